The van der Waals surface area contributed by atoms with E-state index in [2.05, 4.69) is 42.8 Å². The minimum absolute atomic E-state index is 0.279. The Hall–Kier alpha value is -2.70. The fourth-order valence-electron chi connectivity index (χ4n) is 3.07. The zero-order chi connectivity index (χ0) is 18.4. The molecular formula is C21H16N2O2S2. The molecule has 2 aromatic carbocycles. The Kier molecular flexibility index (Phi) is 3.95. The normalized spacial score (nSPS) is 12.5. The quantitative estimate of drug-likeness (QED) is 0.432. The number of aromatic nitrogens is 2. The van der Waals surface area contributed by atoms with E-state index in [-0.39, 0.29) is 6.79 Å². The lowest BCUT2D eigenvalue weighted by atomic mass is 10.0. The van der Waals surface area contributed by atoms with Crippen LogP contribution in [0.4, 0.5) is 0 Å². The fraction of sp³-hybridized carbons (Fsp3) is 0.143. The van der Waals surface area contributed by atoms with Crippen LogP contribution < -0.4 is 9.47 Å². The molecule has 4 aromatic rings. The molecule has 0 amide bonds. The maximum atomic E-state index is 5.47. The summed E-state index contributed by atoms with van der Waals surface area (Å²) in [5.41, 5.74) is 6.62. The maximum absolute atomic E-state index is 5.47. The van der Waals surface area contributed by atoms with Gasteiger partial charge in [0.25, 0.3) is 0 Å². The highest BCUT2D eigenvalue weighted by Crippen LogP contribution is 2.38. The highest BCUT2D eigenvalue weighted by molar-refractivity contribution is 7.20. The highest BCUT2D eigenvalue weighted by Gasteiger charge is 2.16. The average molecular weight is 393 g/mol. The summed E-state index contributed by atoms with van der Waals surface area (Å²) < 4.78 is 10.8. The third-order valence-electron chi connectivity index (χ3n) is 4.53. The van der Waals surface area contributed by atoms with Crippen LogP contribution in [0.2, 0.25) is 0 Å². The van der Waals surface area contributed by atoms with Crippen molar-refractivity contribution in [3.63, 3.8) is 0 Å². The summed E-state index contributed by atoms with van der Waals surface area (Å²) in [6.45, 7) is 4.50. The zero-order valence-corrected chi connectivity index (χ0v) is 16.5. The second-order valence-corrected chi connectivity index (χ2v) is 8.18. The monoisotopic (exact) mass is 392 g/mol. The van der Waals surface area contributed by atoms with Gasteiger partial charge in [0, 0.05) is 21.9 Å². The summed E-state index contributed by atoms with van der Waals surface area (Å²) in [7, 11) is 0. The average Bonchev–Trinajstić information content (AvgIpc) is 3.42. The van der Waals surface area contributed by atoms with Gasteiger partial charge >= 0.3 is 0 Å². The number of rotatable bonds is 3. The molecule has 0 fully saturated rings. The topological polar surface area (TPSA) is 44.2 Å². The highest BCUT2D eigenvalue weighted by atomic mass is 32.1. The Bertz CT molecular complexity index is 1150. The molecule has 0 unspecified atom stereocenters. The van der Waals surface area contributed by atoms with Gasteiger partial charge in [-0.15, -0.1) is 22.7 Å². The van der Waals surface area contributed by atoms with Crippen LogP contribution in [0.5, 0.6) is 11.5 Å². The van der Waals surface area contributed by atoms with Crippen LogP contribution >= 0.6 is 22.7 Å². The van der Waals surface area contributed by atoms with Gasteiger partial charge in [0.05, 0.1) is 11.4 Å². The van der Waals surface area contributed by atoms with Crippen LogP contribution in [0.3, 0.4) is 0 Å². The number of fused-ring (bicyclic) bond motifs is 1. The first-order valence-electron chi connectivity index (χ1n) is 8.56. The molecule has 27 heavy (non-hydrogen) atoms. The molecule has 0 aliphatic carbocycles. The number of benzene rings is 2. The van der Waals surface area contributed by atoms with Crippen molar-refractivity contribution in [2.24, 2.45) is 0 Å². The van der Waals surface area contributed by atoms with Crippen molar-refractivity contribution in [3.8, 4) is 44.0 Å². The lowest BCUT2D eigenvalue weighted by Gasteiger charge is -2.03. The summed E-state index contributed by atoms with van der Waals surface area (Å²) in [6.07, 6.45) is 0. The molecule has 2 aromatic heterocycles. The van der Waals surface area contributed by atoms with Crippen molar-refractivity contribution in [1.82, 2.24) is 9.97 Å². The van der Waals surface area contributed by atoms with Crippen LogP contribution in [0.15, 0.2) is 47.2 Å². The van der Waals surface area contributed by atoms with Crippen molar-refractivity contribution in [2.75, 3.05) is 6.79 Å². The summed E-state index contributed by atoms with van der Waals surface area (Å²) >= 11 is 3.24. The number of aryl methyl sites for hydroxylation is 2. The molecule has 5 rings (SSSR count). The molecule has 6 heteroatoms. The van der Waals surface area contributed by atoms with E-state index in [1.807, 2.05) is 18.2 Å². The summed E-state index contributed by atoms with van der Waals surface area (Å²) in [5.74, 6) is 1.56. The molecule has 0 atom stereocenters. The summed E-state index contributed by atoms with van der Waals surface area (Å²) in [6, 6.07) is 12.4. The Balaban J connectivity index is 1.47. The Morgan fingerprint density at radius 1 is 0.815 bits per heavy atom. The molecule has 0 spiro atoms. The first kappa shape index (κ1) is 16.5. The van der Waals surface area contributed by atoms with E-state index in [4.69, 9.17) is 19.4 Å². The molecule has 4 nitrogen and oxygen atoms in total. The van der Waals surface area contributed by atoms with Crippen LogP contribution in [-0.4, -0.2) is 16.8 Å². The van der Waals surface area contributed by atoms with Crippen molar-refractivity contribution >= 4 is 22.7 Å². The second kappa shape index (κ2) is 6.48. The molecule has 1 aliphatic heterocycles. The molecule has 0 bridgehead atoms. The summed E-state index contributed by atoms with van der Waals surface area (Å²) in [5, 5.41) is 6.05. The first-order valence-corrected chi connectivity index (χ1v) is 10.3. The number of hydrogen-bond donors (Lipinski definition) is 0. The molecular weight excluding hydrogens is 376 g/mol. The van der Waals surface area contributed by atoms with Gasteiger partial charge in [0.1, 0.15) is 0 Å². The van der Waals surface area contributed by atoms with Gasteiger partial charge < -0.3 is 9.47 Å². The molecule has 0 saturated heterocycles. The van der Waals surface area contributed by atoms with Crippen molar-refractivity contribution in [2.45, 2.75) is 13.8 Å². The molecule has 0 N–H and O–H groups in total. The Labute approximate surface area is 165 Å². The van der Waals surface area contributed by atoms with Crippen molar-refractivity contribution in [3.05, 3.63) is 58.3 Å². The van der Waals surface area contributed by atoms with Crippen LogP contribution in [-0.2, 0) is 0 Å². The SMILES string of the molecule is Cc1ccc(C)c(-c2csc(-c3nc(-c4ccc5c(c4)OCO5)cs3)n2)c1. The lowest BCUT2D eigenvalue weighted by molar-refractivity contribution is 0.174. The third kappa shape index (κ3) is 3.01. The maximum Gasteiger partial charge on any atom is 0.231 e. The molecule has 1 aliphatic rings. The Morgan fingerprint density at radius 2 is 1.56 bits per heavy atom. The van der Waals surface area contributed by atoms with Crippen LogP contribution in [0, 0.1) is 13.8 Å². The zero-order valence-electron chi connectivity index (χ0n) is 14.9. The molecule has 0 radical (unpaired) electrons. The molecule has 0 saturated carbocycles. The number of hydrogen-bond acceptors (Lipinski definition) is 6. The minimum Gasteiger partial charge on any atom is -0.454 e. The van der Waals surface area contributed by atoms with E-state index >= 15 is 0 Å². The lowest BCUT2D eigenvalue weighted by Crippen LogP contribution is -1.92. The predicted molar refractivity (Wildman–Crippen MR) is 110 cm³/mol. The standard InChI is InChI=1S/C21H16N2O2S2/c1-12-3-4-13(2)15(7-12)17-10-27-21(23-17)20-22-16(9-26-20)14-5-6-18-19(8-14)25-11-24-18/h3-10H,11H2,1-2H3. The predicted octanol–water partition coefficient (Wildman–Crippen LogP) is 5.95. The largest absolute Gasteiger partial charge is 0.454 e. The minimum atomic E-state index is 0.279. The van der Waals surface area contributed by atoms with Crippen molar-refractivity contribution < 1.29 is 9.47 Å². The van der Waals surface area contributed by atoms with Crippen LogP contribution in [0.25, 0.3) is 32.5 Å². The number of thiazole rings is 2. The van der Waals surface area contributed by atoms with Gasteiger partial charge in [0.15, 0.2) is 21.5 Å². The molecule has 3 heterocycles. The Morgan fingerprint density at radius 3 is 2.41 bits per heavy atom. The van der Waals surface area contributed by atoms with Crippen LogP contribution in [0.1, 0.15) is 11.1 Å². The van der Waals surface area contributed by atoms with Gasteiger partial charge in [-0.2, -0.15) is 0 Å². The smallest absolute Gasteiger partial charge is 0.231 e. The van der Waals surface area contributed by atoms with Gasteiger partial charge in [-0.1, -0.05) is 17.7 Å². The van der Waals surface area contributed by atoms with E-state index in [1.54, 1.807) is 22.7 Å². The van der Waals surface area contributed by atoms with Gasteiger partial charge in [0.2, 0.25) is 6.79 Å². The van der Waals surface area contributed by atoms with E-state index in [0.29, 0.717) is 0 Å². The van der Waals surface area contributed by atoms with Crippen molar-refractivity contribution in [1.29, 1.82) is 0 Å². The summed E-state index contributed by atoms with van der Waals surface area (Å²) in [4.78, 5) is 9.63. The van der Waals surface area contributed by atoms with E-state index < -0.39 is 0 Å². The second-order valence-electron chi connectivity index (χ2n) is 6.46. The van der Waals surface area contributed by atoms with E-state index in [0.717, 1.165) is 38.5 Å². The number of ether oxygens (including phenoxy) is 2. The molecule has 134 valence electrons. The third-order valence-corrected chi connectivity index (χ3v) is 6.36. The van der Waals surface area contributed by atoms with Gasteiger partial charge in [-0.3, -0.25) is 0 Å². The number of nitrogens with zero attached hydrogens (tertiary/aromatic N) is 2. The van der Waals surface area contributed by atoms with Gasteiger partial charge in [-0.05, 0) is 43.7 Å². The van der Waals surface area contributed by atoms with Gasteiger partial charge in [-0.25, -0.2) is 9.97 Å². The first-order chi connectivity index (χ1) is 13.2. The van der Waals surface area contributed by atoms with E-state index in [9.17, 15) is 0 Å². The fourth-order valence-corrected chi connectivity index (χ4v) is 4.77. The van der Waals surface area contributed by atoms with E-state index in [1.165, 1.54) is 16.7 Å².